The van der Waals surface area contributed by atoms with Gasteiger partial charge in [0.25, 0.3) is 0 Å². The predicted molar refractivity (Wildman–Crippen MR) is 106 cm³/mol. The third-order valence-corrected chi connectivity index (χ3v) is 4.98. The van der Waals surface area contributed by atoms with Crippen molar-refractivity contribution >= 4 is 11.6 Å². The predicted octanol–water partition coefficient (Wildman–Crippen LogP) is 2.57. The van der Waals surface area contributed by atoms with Crippen molar-refractivity contribution in [2.45, 2.75) is 25.3 Å². The van der Waals surface area contributed by atoms with Crippen LogP contribution >= 0.6 is 0 Å². The smallest absolute Gasteiger partial charge is 0.171 e. The van der Waals surface area contributed by atoms with Gasteiger partial charge in [0.15, 0.2) is 11.6 Å². The van der Waals surface area contributed by atoms with Crippen molar-refractivity contribution in [3.8, 4) is 0 Å². The lowest BCUT2D eigenvalue weighted by Gasteiger charge is -2.34. The fourth-order valence-corrected chi connectivity index (χ4v) is 3.72. The maximum atomic E-state index is 4.68. The number of pyridine rings is 1. The van der Waals surface area contributed by atoms with Gasteiger partial charge in [0.2, 0.25) is 0 Å². The average Bonchev–Trinajstić information content (AvgIpc) is 3.17. The summed E-state index contributed by atoms with van der Waals surface area (Å²) in [6.07, 6.45) is 11.6. The van der Waals surface area contributed by atoms with Crippen molar-refractivity contribution in [1.29, 1.82) is 0 Å². The van der Waals surface area contributed by atoms with Crippen LogP contribution in [-0.4, -0.2) is 51.7 Å². The largest absolute Gasteiger partial charge is 0.360 e. The number of imidazole rings is 1. The molecule has 7 heteroatoms. The number of nitrogens with zero attached hydrogens (tertiary/aromatic N) is 7. The van der Waals surface area contributed by atoms with Gasteiger partial charge in [-0.3, -0.25) is 4.98 Å². The maximum absolute atomic E-state index is 4.68. The summed E-state index contributed by atoms with van der Waals surface area (Å²) in [5.41, 5.74) is 1.05. The maximum Gasteiger partial charge on any atom is 0.171 e. The minimum atomic E-state index is 0.370. The van der Waals surface area contributed by atoms with Crippen molar-refractivity contribution in [2.24, 2.45) is 0 Å². The number of hydrogen-bond donors (Lipinski definition) is 0. The van der Waals surface area contributed by atoms with Crippen molar-refractivity contribution in [1.82, 2.24) is 24.5 Å². The van der Waals surface area contributed by atoms with E-state index in [0.29, 0.717) is 5.92 Å². The molecule has 27 heavy (non-hydrogen) atoms. The second-order valence-corrected chi connectivity index (χ2v) is 7.12. The van der Waals surface area contributed by atoms with Crippen LogP contribution in [0.15, 0.2) is 49.2 Å². The monoisotopic (exact) mass is 363 g/mol. The van der Waals surface area contributed by atoms with E-state index in [1.807, 2.05) is 43.5 Å². The lowest BCUT2D eigenvalue weighted by Crippen LogP contribution is -2.37. The zero-order valence-corrected chi connectivity index (χ0v) is 15.9. The van der Waals surface area contributed by atoms with Gasteiger partial charge in [-0.1, -0.05) is 6.07 Å². The lowest BCUT2D eigenvalue weighted by molar-refractivity contribution is 0.473. The molecule has 0 bridgehead atoms. The van der Waals surface area contributed by atoms with Gasteiger partial charge in [-0.25, -0.2) is 15.0 Å². The topological polar surface area (TPSA) is 63.0 Å². The van der Waals surface area contributed by atoms with Crippen molar-refractivity contribution < 1.29 is 0 Å². The molecule has 1 aliphatic heterocycles. The number of anilines is 2. The van der Waals surface area contributed by atoms with Crippen LogP contribution in [0.25, 0.3) is 0 Å². The van der Waals surface area contributed by atoms with Gasteiger partial charge < -0.3 is 14.4 Å². The van der Waals surface area contributed by atoms with Gasteiger partial charge in [-0.15, -0.1) is 0 Å². The highest BCUT2D eigenvalue weighted by atomic mass is 15.3. The fraction of sp³-hybridized carbons (Fsp3) is 0.400. The van der Waals surface area contributed by atoms with E-state index in [4.69, 9.17) is 0 Å². The Bertz CT molecular complexity index is 875. The second kappa shape index (κ2) is 7.73. The van der Waals surface area contributed by atoms with Gasteiger partial charge in [0.1, 0.15) is 5.82 Å². The van der Waals surface area contributed by atoms with E-state index in [0.717, 1.165) is 55.6 Å². The third kappa shape index (κ3) is 3.77. The lowest BCUT2D eigenvalue weighted by atomic mass is 9.97. The van der Waals surface area contributed by atoms with Crippen LogP contribution in [0.1, 0.15) is 30.3 Å². The molecule has 3 aromatic rings. The molecule has 0 N–H and O–H groups in total. The molecular weight excluding hydrogens is 338 g/mol. The van der Waals surface area contributed by atoms with E-state index in [9.17, 15) is 0 Å². The average molecular weight is 363 g/mol. The summed E-state index contributed by atoms with van der Waals surface area (Å²) in [4.78, 5) is 22.6. The number of aromatic nitrogens is 5. The van der Waals surface area contributed by atoms with E-state index >= 15 is 0 Å². The molecule has 140 valence electrons. The Hall–Kier alpha value is -2.96. The summed E-state index contributed by atoms with van der Waals surface area (Å²) >= 11 is 0. The molecule has 0 aliphatic carbocycles. The first-order valence-corrected chi connectivity index (χ1v) is 9.36. The second-order valence-electron chi connectivity index (χ2n) is 7.12. The SMILES string of the molecule is CN(C)c1nccnc1N1CCC[C@@H](c2nccn2Cc2ccccn2)C1. The van der Waals surface area contributed by atoms with Gasteiger partial charge >= 0.3 is 0 Å². The summed E-state index contributed by atoms with van der Waals surface area (Å²) in [5.74, 6) is 3.36. The first-order chi connectivity index (χ1) is 13.2. The molecule has 0 amide bonds. The van der Waals surface area contributed by atoms with Gasteiger partial charge in [0.05, 0.1) is 12.2 Å². The van der Waals surface area contributed by atoms with Crippen LogP contribution in [0.4, 0.5) is 11.6 Å². The number of piperidine rings is 1. The Morgan fingerprint density at radius 2 is 1.93 bits per heavy atom. The van der Waals surface area contributed by atoms with Crippen LogP contribution in [0.2, 0.25) is 0 Å². The Morgan fingerprint density at radius 3 is 2.74 bits per heavy atom. The van der Waals surface area contributed by atoms with Crippen LogP contribution in [0.5, 0.6) is 0 Å². The Labute approximate surface area is 159 Å². The van der Waals surface area contributed by atoms with Crippen molar-refractivity contribution in [3.05, 3.63) is 60.7 Å². The molecular formula is C20H25N7. The van der Waals surface area contributed by atoms with Gasteiger partial charge in [-0.05, 0) is 25.0 Å². The number of rotatable bonds is 5. The molecule has 3 aromatic heterocycles. The van der Waals surface area contributed by atoms with E-state index in [-0.39, 0.29) is 0 Å². The molecule has 1 aliphatic rings. The summed E-state index contributed by atoms with van der Waals surface area (Å²) in [7, 11) is 4.02. The van der Waals surface area contributed by atoms with E-state index < -0.39 is 0 Å². The quantitative estimate of drug-likeness (QED) is 0.694. The first-order valence-electron chi connectivity index (χ1n) is 9.36. The van der Waals surface area contributed by atoms with E-state index in [1.165, 1.54) is 0 Å². The molecule has 0 saturated carbocycles. The Kier molecular flexibility index (Phi) is 5.00. The summed E-state index contributed by atoms with van der Waals surface area (Å²) in [5, 5.41) is 0. The highest BCUT2D eigenvalue weighted by molar-refractivity contribution is 5.61. The minimum Gasteiger partial charge on any atom is -0.360 e. The van der Waals surface area contributed by atoms with Gasteiger partial charge in [-0.2, -0.15) is 0 Å². The highest BCUT2D eigenvalue weighted by Crippen LogP contribution is 2.31. The zero-order chi connectivity index (χ0) is 18.6. The molecule has 7 nitrogen and oxygen atoms in total. The van der Waals surface area contributed by atoms with Crippen LogP contribution < -0.4 is 9.80 Å². The Morgan fingerprint density at radius 1 is 1.04 bits per heavy atom. The van der Waals surface area contributed by atoms with Crippen LogP contribution in [0, 0.1) is 0 Å². The van der Waals surface area contributed by atoms with Crippen LogP contribution in [0.3, 0.4) is 0 Å². The standard InChI is InChI=1S/C20H25N7/c1-25(2)19-20(23-10-9-22-19)26-12-5-6-16(14-26)18-24-11-13-27(18)15-17-7-3-4-8-21-17/h3-4,7-11,13,16H,5-6,12,14-15H2,1-2H3/t16-/m1/s1. The minimum absolute atomic E-state index is 0.370. The normalized spacial score (nSPS) is 17.1. The molecule has 0 spiro atoms. The first kappa shape index (κ1) is 17.5. The zero-order valence-electron chi connectivity index (χ0n) is 15.9. The number of hydrogen-bond acceptors (Lipinski definition) is 6. The van der Waals surface area contributed by atoms with E-state index in [1.54, 1.807) is 12.4 Å². The molecule has 1 fully saturated rings. The highest BCUT2D eigenvalue weighted by Gasteiger charge is 2.27. The molecule has 0 unspecified atom stereocenters. The third-order valence-electron chi connectivity index (χ3n) is 4.98. The molecule has 4 heterocycles. The summed E-state index contributed by atoms with van der Waals surface area (Å²) < 4.78 is 2.22. The summed E-state index contributed by atoms with van der Waals surface area (Å²) in [6, 6.07) is 6.03. The van der Waals surface area contributed by atoms with Crippen LogP contribution in [-0.2, 0) is 6.54 Å². The van der Waals surface area contributed by atoms with Crippen molar-refractivity contribution in [3.63, 3.8) is 0 Å². The van der Waals surface area contributed by atoms with E-state index in [2.05, 4.69) is 41.7 Å². The summed E-state index contributed by atoms with van der Waals surface area (Å²) in [6.45, 7) is 2.65. The molecule has 0 radical (unpaired) electrons. The Balaban J connectivity index is 1.56. The molecule has 0 aromatic carbocycles. The fourth-order valence-electron chi connectivity index (χ4n) is 3.72. The van der Waals surface area contributed by atoms with Crippen molar-refractivity contribution in [2.75, 3.05) is 37.0 Å². The molecule has 1 saturated heterocycles. The molecule has 1 atom stereocenters. The van der Waals surface area contributed by atoms with Gasteiger partial charge in [0, 0.05) is 64.1 Å². The molecule has 4 rings (SSSR count).